The van der Waals surface area contributed by atoms with Crippen LogP contribution in [0.15, 0.2) is 0 Å². The van der Waals surface area contributed by atoms with Crippen molar-refractivity contribution in [2.75, 3.05) is 23.8 Å². The van der Waals surface area contributed by atoms with Crippen LogP contribution >= 0.6 is 36.2 Å². The largest absolute Gasteiger partial charge is 0.480 e. The molecular weight excluding hydrogens is 302 g/mol. The fourth-order valence-electron chi connectivity index (χ4n) is 2.48. The molecule has 7 heteroatoms. The second kappa shape index (κ2) is 6.18. The van der Waals surface area contributed by atoms with E-state index in [0.29, 0.717) is 18.7 Å². The van der Waals surface area contributed by atoms with Crippen LogP contribution in [0.5, 0.6) is 0 Å². The van der Waals surface area contributed by atoms with Gasteiger partial charge in [-0.05, 0) is 17.9 Å². The smallest absolute Gasteiger partial charge is 0.326 e. The van der Waals surface area contributed by atoms with Crippen LogP contribution in [0.4, 0.5) is 0 Å². The predicted molar refractivity (Wildman–Crippen MR) is 83.0 cm³/mol. The van der Waals surface area contributed by atoms with Crippen molar-refractivity contribution in [2.45, 2.75) is 29.9 Å². The molecule has 108 valence electrons. The van der Waals surface area contributed by atoms with Gasteiger partial charge in [0.25, 0.3) is 0 Å². The molecule has 2 aliphatic rings. The van der Waals surface area contributed by atoms with Crippen molar-refractivity contribution in [2.24, 2.45) is 5.92 Å². The minimum atomic E-state index is -0.886. The first kappa shape index (κ1) is 15.4. The van der Waals surface area contributed by atoms with E-state index >= 15 is 0 Å². The zero-order chi connectivity index (χ0) is 14.0. The number of thiol groups is 1. The molecule has 1 amide bonds. The first-order chi connectivity index (χ1) is 8.99. The normalized spacial score (nSPS) is 27.5. The van der Waals surface area contributed by atoms with Crippen molar-refractivity contribution < 1.29 is 14.7 Å². The van der Waals surface area contributed by atoms with Crippen LogP contribution in [-0.4, -0.2) is 55.8 Å². The lowest BCUT2D eigenvalue weighted by Crippen LogP contribution is -2.43. The first-order valence-electron chi connectivity index (χ1n) is 6.41. The van der Waals surface area contributed by atoms with Crippen molar-refractivity contribution in [3.05, 3.63) is 0 Å². The Kier molecular flexibility index (Phi) is 5.00. The van der Waals surface area contributed by atoms with E-state index in [1.807, 2.05) is 23.5 Å². The van der Waals surface area contributed by atoms with E-state index in [1.165, 1.54) is 0 Å². The van der Waals surface area contributed by atoms with E-state index in [4.69, 9.17) is 0 Å². The summed E-state index contributed by atoms with van der Waals surface area (Å²) >= 11 is 7.79. The number of hydrogen-bond acceptors (Lipinski definition) is 5. The van der Waals surface area contributed by atoms with Gasteiger partial charge in [0.2, 0.25) is 5.91 Å². The number of amides is 1. The predicted octanol–water partition coefficient (Wildman–Crippen LogP) is 1.80. The quantitative estimate of drug-likeness (QED) is 0.776. The standard InChI is InChI=1S/C12H19NO3S3/c1-8(6-17)10(14)13-7-12(5-9(13)11(15)16)18-3-2-4-19-12/h8-9,17H,2-7H2,1H3,(H,15,16)/t8-,9?/m1/s1. The molecule has 1 unspecified atom stereocenters. The van der Waals surface area contributed by atoms with Crippen LogP contribution in [0.1, 0.15) is 19.8 Å². The highest BCUT2D eigenvalue weighted by Crippen LogP contribution is 2.50. The zero-order valence-corrected chi connectivity index (χ0v) is 13.4. The Morgan fingerprint density at radius 3 is 2.63 bits per heavy atom. The molecule has 2 atom stereocenters. The summed E-state index contributed by atoms with van der Waals surface area (Å²) in [7, 11) is 0. The molecule has 0 aromatic rings. The molecule has 0 saturated carbocycles. The Hall–Kier alpha value is -0.0100. The molecule has 0 aromatic carbocycles. The van der Waals surface area contributed by atoms with Gasteiger partial charge in [0.05, 0.1) is 4.08 Å². The molecule has 0 bridgehead atoms. The lowest BCUT2D eigenvalue weighted by molar-refractivity contribution is -0.149. The number of nitrogens with zero attached hydrogens (tertiary/aromatic N) is 1. The summed E-state index contributed by atoms with van der Waals surface area (Å²) < 4.78 is -0.104. The molecule has 1 spiro atoms. The topological polar surface area (TPSA) is 57.6 Å². The number of aliphatic carboxylic acids is 1. The van der Waals surface area contributed by atoms with Crippen molar-refractivity contribution in [3.63, 3.8) is 0 Å². The van der Waals surface area contributed by atoms with Gasteiger partial charge in [0.1, 0.15) is 6.04 Å². The van der Waals surface area contributed by atoms with Crippen LogP contribution in [0.25, 0.3) is 0 Å². The molecule has 2 saturated heterocycles. The highest BCUT2D eigenvalue weighted by atomic mass is 32.2. The molecule has 2 fully saturated rings. The molecular formula is C12H19NO3S3. The Bertz CT molecular complexity index is 371. The molecule has 4 nitrogen and oxygen atoms in total. The molecule has 19 heavy (non-hydrogen) atoms. The number of carbonyl (C=O) groups is 2. The second-order valence-electron chi connectivity index (χ2n) is 5.07. The molecule has 2 heterocycles. The van der Waals surface area contributed by atoms with Crippen LogP contribution < -0.4 is 0 Å². The molecule has 0 radical (unpaired) electrons. The molecule has 2 rings (SSSR count). The summed E-state index contributed by atoms with van der Waals surface area (Å²) in [5.41, 5.74) is 0. The van der Waals surface area contributed by atoms with Gasteiger partial charge >= 0.3 is 5.97 Å². The van der Waals surface area contributed by atoms with Crippen LogP contribution in [0.2, 0.25) is 0 Å². The number of thioether (sulfide) groups is 2. The summed E-state index contributed by atoms with van der Waals surface area (Å²) in [6.45, 7) is 2.36. The number of rotatable bonds is 3. The monoisotopic (exact) mass is 321 g/mol. The number of carboxylic acid groups (broad SMARTS) is 1. The molecule has 0 aromatic heterocycles. The minimum absolute atomic E-state index is 0.0777. The number of hydrogen-bond donors (Lipinski definition) is 2. The average molecular weight is 321 g/mol. The van der Waals surface area contributed by atoms with Gasteiger partial charge in [-0.1, -0.05) is 6.92 Å². The Morgan fingerprint density at radius 1 is 1.47 bits per heavy atom. The number of carbonyl (C=O) groups excluding carboxylic acids is 1. The fraction of sp³-hybridized carbons (Fsp3) is 0.833. The first-order valence-corrected chi connectivity index (χ1v) is 9.01. The highest BCUT2D eigenvalue weighted by molar-refractivity contribution is 8.18. The molecule has 0 aliphatic carbocycles. The number of likely N-dealkylation sites (tertiary alicyclic amines) is 1. The summed E-state index contributed by atoms with van der Waals surface area (Å²) in [5, 5.41) is 9.37. The summed E-state index contributed by atoms with van der Waals surface area (Å²) in [5.74, 6) is 1.38. The summed E-state index contributed by atoms with van der Waals surface area (Å²) in [6, 6.07) is -0.673. The zero-order valence-electron chi connectivity index (χ0n) is 10.9. The van der Waals surface area contributed by atoms with E-state index in [0.717, 1.165) is 17.9 Å². The minimum Gasteiger partial charge on any atom is -0.480 e. The van der Waals surface area contributed by atoms with Gasteiger partial charge in [-0.2, -0.15) is 12.6 Å². The Labute approximate surface area is 127 Å². The van der Waals surface area contributed by atoms with Crippen molar-refractivity contribution in [1.82, 2.24) is 4.90 Å². The van der Waals surface area contributed by atoms with Gasteiger partial charge in [-0.15, -0.1) is 23.5 Å². The van der Waals surface area contributed by atoms with Crippen molar-refractivity contribution in [3.8, 4) is 0 Å². The second-order valence-corrected chi connectivity index (χ2v) is 8.65. The SMILES string of the molecule is C[C@H](CS)C(=O)N1CC2(CC1C(=O)O)SCCCS2. The number of carboxylic acids is 1. The van der Waals surface area contributed by atoms with Gasteiger partial charge < -0.3 is 10.0 Å². The third-order valence-electron chi connectivity index (χ3n) is 3.57. The van der Waals surface area contributed by atoms with Gasteiger partial charge in [0.15, 0.2) is 0 Å². The van der Waals surface area contributed by atoms with E-state index in [-0.39, 0.29) is 15.9 Å². The fourth-order valence-corrected chi connectivity index (χ4v) is 5.98. The average Bonchev–Trinajstić information content (AvgIpc) is 2.77. The van der Waals surface area contributed by atoms with Crippen molar-refractivity contribution >= 4 is 48.0 Å². The van der Waals surface area contributed by atoms with E-state index in [9.17, 15) is 14.7 Å². The molecule has 2 aliphatic heterocycles. The van der Waals surface area contributed by atoms with Crippen LogP contribution in [-0.2, 0) is 9.59 Å². The highest BCUT2D eigenvalue weighted by Gasteiger charge is 2.50. The molecule has 1 N–H and O–H groups in total. The maximum Gasteiger partial charge on any atom is 0.326 e. The third-order valence-corrected chi connectivity index (χ3v) is 7.46. The Balaban J connectivity index is 2.16. The summed E-state index contributed by atoms with van der Waals surface area (Å²) in [6.07, 6.45) is 1.72. The van der Waals surface area contributed by atoms with Crippen LogP contribution in [0.3, 0.4) is 0 Å². The summed E-state index contributed by atoms with van der Waals surface area (Å²) in [4.78, 5) is 25.3. The van der Waals surface area contributed by atoms with Crippen molar-refractivity contribution in [1.29, 1.82) is 0 Å². The maximum absolute atomic E-state index is 12.3. The van der Waals surface area contributed by atoms with E-state index in [2.05, 4.69) is 12.6 Å². The van der Waals surface area contributed by atoms with Gasteiger partial charge in [-0.25, -0.2) is 4.79 Å². The Morgan fingerprint density at radius 2 is 2.11 bits per heavy atom. The maximum atomic E-state index is 12.3. The lowest BCUT2D eigenvalue weighted by atomic mass is 10.1. The van der Waals surface area contributed by atoms with E-state index in [1.54, 1.807) is 11.8 Å². The van der Waals surface area contributed by atoms with Gasteiger partial charge in [0, 0.05) is 24.6 Å². The van der Waals surface area contributed by atoms with E-state index < -0.39 is 12.0 Å². The third kappa shape index (κ3) is 3.19. The van der Waals surface area contributed by atoms with Crippen LogP contribution in [0, 0.1) is 5.92 Å². The van der Waals surface area contributed by atoms with Gasteiger partial charge in [-0.3, -0.25) is 4.79 Å². The lowest BCUT2D eigenvalue weighted by Gasteiger charge is -2.32.